The summed E-state index contributed by atoms with van der Waals surface area (Å²) in [5.41, 5.74) is 4.54. The van der Waals surface area contributed by atoms with Crippen LogP contribution in [-0.4, -0.2) is 37.6 Å². The van der Waals surface area contributed by atoms with Gasteiger partial charge in [-0.15, -0.1) is 0 Å². The third kappa shape index (κ3) is 22.9. The maximum Gasteiger partial charge on any atom is 0.404 e. The van der Waals surface area contributed by atoms with Gasteiger partial charge in [0.05, 0.1) is 19.8 Å². The molecule has 12 heavy (non-hydrogen) atoms. The molecule has 0 aromatic carbocycles. The van der Waals surface area contributed by atoms with Crippen LogP contribution in [0, 0.1) is 0 Å². The van der Waals surface area contributed by atoms with Crippen LogP contribution in [0.1, 0.15) is 13.8 Å². The number of nitrogens with two attached hydrogens (primary N) is 1. The molecule has 0 aromatic heterocycles. The smallest absolute Gasteiger partial charge is 0.404 e. The highest BCUT2D eigenvalue weighted by Gasteiger charge is 1.82. The Bertz CT molecular complexity index is 93.4. The molecule has 5 nitrogen and oxygen atoms in total. The van der Waals surface area contributed by atoms with Crippen LogP contribution < -0.4 is 5.73 Å². The minimum absolute atomic E-state index is 0.133. The quantitative estimate of drug-likeness (QED) is 0.600. The van der Waals surface area contributed by atoms with Crippen LogP contribution in [-0.2, 0) is 9.47 Å². The molecule has 74 valence electrons. The van der Waals surface area contributed by atoms with Gasteiger partial charge >= 0.3 is 6.09 Å². The first kappa shape index (κ1) is 13.8. The summed E-state index contributed by atoms with van der Waals surface area (Å²) < 4.78 is 8.91. The Morgan fingerprint density at radius 2 is 2.00 bits per heavy atom. The maximum absolute atomic E-state index is 9.60. The molecule has 0 rings (SSSR count). The van der Waals surface area contributed by atoms with E-state index in [0.29, 0.717) is 19.8 Å². The molecule has 0 saturated heterocycles. The molecular weight excluding hydrogens is 162 g/mol. The van der Waals surface area contributed by atoms with E-state index in [1.54, 1.807) is 6.92 Å². The fourth-order valence-electron chi connectivity index (χ4n) is 0.351. The molecule has 0 aromatic rings. The first-order valence-corrected chi connectivity index (χ1v) is 3.79. The van der Waals surface area contributed by atoms with Gasteiger partial charge in [-0.25, -0.2) is 4.79 Å². The molecule has 5 heteroatoms. The number of primary amides is 1. The fraction of sp³-hybridized carbons (Fsp3) is 0.857. The minimum Gasteiger partial charge on any atom is -0.450 e. The second kappa shape index (κ2) is 12.8. The van der Waals surface area contributed by atoms with Gasteiger partial charge in [-0.1, -0.05) is 0 Å². The number of carbonyl (C=O) groups is 1. The van der Waals surface area contributed by atoms with Gasteiger partial charge in [-0.05, 0) is 13.8 Å². The molecule has 0 unspecified atom stereocenters. The average molecular weight is 179 g/mol. The predicted octanol–water partition coefficient (Wildman–Crippen LogP) is 0.117. The second-order valence-electron chi connectivity index (χ2n) is 1.67. The van der Waals surface area contributed by atoms with E-state index >= 15 is 0 Å². The summed E-state index contributed by atoms with van der Waals surface area (Å²) in [6, 6.07) is 0. The lowest BCUT2D eigenvalue weighted by atomic mass is 10.8. The topological polar surface area (TPSA) is 81.8 Å². The third-order valence-corrected chi connectivity index (χ3v) is 0.726. The van der Waals surface area contributed by atoms with Gasteiger partial charge in [0.15, 0.2) is 0 Å². The van der Waals surface area contributed by atoms with Crippen molar-refractivity contribution in [3.63, 3.8) is 0 Å². The molecule has 0 aliphatic carbocycles. The molecule has 0 aliphatic rings. The Morgan fingerprint density at radius 3 is 2.08 bits per heavy atom. The first-order valence-electron chi connectivity index (χ1n) is 3.79. The van der Waals surface area contributed by atoms with Gasteiger partial charge in [0, 0.05) is 6.61 Å². The number of hydrogen-bond donors (Lipinski definition) is 2. The Hall–Kier alpha value is -0.810. The number of hydrogen-bond acceptors (Lipinski definition) is 4. The summed E-state index contributed by atoms with van der Waals surface area (Å²) in [4.78, 5) is 9.60. The van der Waals surface area contributed by atoms with Crippen molar-refractivity contribution in [1.82, 2.24) is 0 Å². The van der Waals surface area contributed by atoms with Gasteiger partial charge < -0.3 is 20.3 Å². The normalized spacial score (nSPS) is 8.25. The van der Waals surface area contributed by atoms with Crippen molar-refractivity contribution >= 4 is 6.09 Å². The van der Waals surface area contributed by atoms with Crippen LogP contribution >= 0.6 is 0 Å². The number of aliphatic hydroxyl groups excluding tert-OH is 1. The highest BCUT2D eigenvalue weighted by atomic mass is 16.5. The van der Waals surface area contributed by atoms with Crippen molar-refractivity contribution in [3.05, 3.63) is 0 Å². The Morgan fingerprint density at radius 1 is 1.42 bits per heavy atom. The number of aliphatic hydroxyl groups is 1. The molecule has 0 bridgehead atoms. The summed E-state index contributed by atoms with van der Waals surface area (Å²) in [7, 11) is 0. The summed E-state index contributed by atoms with van der Waals surface area (Å²) in [6.45, 7) is 5.25. The van der Waals surface area contributed by atoms with E-state index in [1.165, 1.54) is 0 Å². The van der Waals surface area contributed by atoms with Gasteiger partial charge in [0.2, 0.25) is 0 Å². The molecule has 0 saturated carbocycles. The standard InChI is InChI=1S/C4H10O2.C3H7NO2/c1-2-6-4-3-5;1-2-6-3(4)5/h5H,2-4H2,1H3;2H2,1H3,(H2,4,5). The average Bonchev–Trinajstić information content (AvgIpc) is 2.02. The SMILES string of the molecule is CCOC(N)=O.CCOCCO. The highest BCUT2D eigenvalue weighted by Crippen LogP contribution is 1.66. The summed E-state index contributed by atoms with van der Waals surface area (Å²) in [5.74, 6) is 0. The van der Waals surface area contributed by atoms with E-state index in [9.17, 15) is 4.79 Å². The first-order chi connectivity index (χ1) is 5.68. The van der Waals surface area contributed by atoms with E-state index in [4.69, 9.17) is 9.84 Å². The Kier molecular flexibility index (Phi) is 14.7. The summed E-state index contributed by atoms with van der Waals surface area (Å²) >= 11 is 0. The summed E-state index contributed by atoms with van der Waals surface area (Å²) in [6.07, 6.45) is -0.711. The zero-order valence-electron chi connectivity index (χ0n) is 7.58. The zero-order valence-corrected chi connectivity index (χ0v) is 7.58. The molecule has 0 fully saturated rings. The molecule has 3 N–H and O–H groups in total. The van der Waals surface area contributed by atoms with Crippen molar-refractivity contribution < 1.29 is 19.4 Å². The van der Waals surface area contributed by atoms with Crippen molar-refractivity contribution in [2.45, 2.75) is 13.8 Å². The molecule has 0 aliphatic heterocycles. The van der Waals surface area contributed by atoms with Crippen LogP contribution in [0.25, 0.3) is 0 Å². The minimum atomic E-state index is -0.711. The number of ether oxygens (including phenoxy) is 2. The van der Waals surface area contributed by atoms with Crippen LogP contribution in [0.3, 0.4) is 0 Å². The van der Waals surface area contributed by atoms with Crippen LogP contribution in [0.2, 0.25) is 0 Å². The molecule has 0 atom stereocenters. The number of carbonyl (C=O) groups excluding carboxylic acids is 1. The van der Waals surface area contributed by atoms with Crippen molar-refractivity contribution in [2.24, 2.45) is 5.73 Å². The Balaban J connectivity index is 0. The lowest BCUT2D eigenvalue weighted by molar-refractivity contribution is 0.102. The lowest BCUT2D eigenvalue weighted by Gasteiger charge is -1.91. The van der Waals surface area contributed by atoms with Crippen LogP contribution in [0.15, 0.2) is 0 Å². The molecule has 0 radical (unpaired) electrons. The summed E-state index contributed by atoms with van der Waals surface area (Å²) in [5, 5.41) is 8.07. The van der Waals surface area contributed by atoms with Crippen LogP contribution in [0.5, 0.6) is 0 Å². The number of rotatable bonds is 4. The van der Waals surface area contributed by atoms with Gasteiger partial charge in [0.1, 0.15) is 0 Å². The van der Waals surface area contributed by atoms with Gasteiger partial charge in [-0.2, -0.15) is 0 Å². The predicted molar refractivity (Wildman–Crippen MR) is 44.8 cm³/mol. The number of amides is 1. The van der Waals surface area contributed by atoms with E-state index in [2.05, 4.69) is 10.5 Å². The monoisotopic (exact) mass is 179 g/mol. The van der Waals surface area contributed by atoms with Gasteiger partial charge in [-0.3, -0.25) is 0 Å². The lowest BCUT2D eigenvalue weighted by Crippen LogP contribution is -2.11. The highest BCUT2D eigenvalue weighted by molar-refractivity contribution is 5.64. The van der Waals surface area contributed by atoms with E-state index < -0.39 is 6.09 Å². The van der Waals surface area contributed by atoms with Crippen molar-refractivity contribution in [2.75, 3.05) is 26.4 Å². The third-order valence-electron chi connectivity index (χ3n) is 0.726. The van der Waals surface area contributed by atoms with Gasteiger partial charge in [0.25, 0.3) is 0 Å². The fourth-order valence-corrected chi connectivity index (χ4v) is 0.351. The molecule has 0 heterocycles. The van der Waals surface area contributed by atoms with Crippen molar-refractivity contribution in [3.8, 4) is 0 Å². The maximum atomic E-state index is 9.60. The van der Waals surface area contributed by atoms with E-state index in [-0.39, 0.29) is 6.61 Å². The van der Waals surface area contributed by atoms with Crippen molar-refractivity contribution in [1.29, 1.82) is 0 Å². The van der Waals surface area contributed by atoms with E-state index in [1.807, 2.05) is 6.92 Å². The zero-order chi connectivity index (χ0) is 9.82. The molecule has 1 amide bonds. The Labute approximate surface area is 72.5 Å². The second-order valence-corrected chi connectivity index (χ2v) is 1.67. The van der Waals surface area contributed by atoms with E-state index in [0.717, 1.165) is 0 Å². The largest absolute Gasteiger partial charge is 0.450 e. The molecule has 0 spiro atoms. The molecular formula is C7H17NO4. The van der Waals surface area contributed by atoms with Crippen LogP contribution in [0.4, 0.5) is 4.79 Å².